The molecule has 0 aliphatic heterocycles. The van der Waals surface area contributed by atoms with E-state index in [9.17, 15) is 13.6 Å². The molecule has 0 radical (unpaired) electrons. The molecule has 19 heavy (non-hydrogen) atoms. The van der Waals surface area contributed by atoms with Gasteiger partial charge in [-0.3, -0.25) is 4.79 Å². The van der Waals surface area contributed by atoms with Crippen LogP contribution in [-0.4, -0.2) is 17.6 Å². The highest BCUT2D eigenvalue weighted by atomic mass is 35.5. The molecule has 0 aliphatic carbocycles. The minimum atomic E-state index is -2.82. The molecule has 1 aromatic heterocycles. The van der Waals surface area contributed by atoms with Gasteiger partial charge in [-0.15, -0.1) is 11.6 Å². The third-order valence-electron chi connectivity index (χ3n) is 2.32. The fourth-order valence-corrected chi connectivity index (χ4v) is 1.68. The Morgan fingerprint density at radius 1 is 1.63 bits per heavy atom. The Labute approximate surface area is 114 Å². The second-order valence-corrected chi connectivity index (χ2v) is 3.83. The summed E-state index contributed by atoms with van der Waals surface area (Å²) in [4.78, 5) is 15.2. The highest BCUT2D eigenvalue weighted by Crippen LogP contribution is 2.26. The maximum Gasteiger partial charge on any atom is 0.310 e. The lowest BCUT2D eigenvalue weighted by Crippen LogP contribution is -2.13. The molecular formula is C12H11ClF2N2O2. The van der Waals surface area contributed by atoms with E-state index >= 15 is 0 Å². The number of pyridine rings is 1. The van der Waals surface area contributed by atoms with Gasteiger partial charge in [-0.05, 0) is 13.0 Å². The normalized spacial score (nSPS) is 10.3. The summed E-state index contributed by atoms with van der Waals surface area (Å²) in [7, 11) is 0. The van der Waals surface area contributed by atoms with Crippen LogP contribution < -0.4 is 0 Å². The van der Waals surface area contributed by atoms with Crippen LogP contribution in [0.5, 0.6) is 0 Å². The summed E-state index contributed by atoms with van der Waals surface area (Å²) in [5.41, 5.74) is -0.567. The first-order chi connectivity index (χ1) is 9.03. The Balaban J connectivity index is 3.26. The third-order valence-corrected chi connectivity index (χ3v) is 2.59. The van der Waals surface area contributed by atoms with E-state index in [1.807, 2.05) is 0 Å². The Bertz CT molecular complexity index is 515. The van der Waals surface area contributed by atoms with Crippen molar-refractivity contribution in [3.8, 4) is 6.07 Å². The number of nitriles is 1. The Kier molecular flexibility index (Phi) is 5.64. The van der Waals surface area contributed by atoms with E-state index in [4.69, 9.17) is 16.9 Å². The van der Waals surface area contributed by atoms with Crippen molar-refractivity contribution in [1.82, 2.24) is 4.98 Å². The second kappa shape index (κ2) is 7.00. The SMILES string of the molecule is CCOC(=O)Cc1c(C(F)F)cc(CCl)nc1C#N. The molecule has 4 nitrogen and oxygen atoms in total. The minimum absolute atomic E-state index is 0.0892. The van der Waals surface area contributed by atoms with E-state index < -0.39 is 24.4 Å². The lowest BCUT2D eigenvalue weighted by atomic mass is 10.0. The number of nitrogens with zero attached hydrogens (tertiary/aromatic N) is 2. The van der Waals surface area contributed by atoms with E-state index in [-0.39, 0.29) is 29.4 Å². The van der Waals surface area contributed by atoms with Crippen LogP contribution in [0.1, 0.15) is 35.9 Å². The van der Waals surface area contributed by atoms with Gasteiger partial charge in [0.15, 0.2) is 0 Å². The number of carbonyl (C=O) groups excluding carboxylic acids is 1. The quantitative estimate of drug-likeness (QED) is 0.617. The van der Waals surface area contributed by atoms with E-state index in [1.54, 1.807) is 13.0 Å². The molecule has 1 aromatic rings. The van der Waals surface area contributed by atoms with Gasteiger partial charge < -0.3 is 4.74 Å². The molecule has 0 fully saturated rings. The van der Waals surface area contributed by atoms with Crippen LogP contribution in [-0.2, 0) is 21.8 Å². The summed E-state index contributed by atoms with van der Waals surface area (Å²) >= 11 is 5.53. The van der Waals surface area contributed by atoms with E-state index in [0.717, 1.165) is 6.07 Å². The Morgan fingerprint density at radius 2 is 2.32 bits per heavy atom. The number of rotatable bonds is 5. The number of alkyl halides is 3. The van der Waals surface area contributed by atoms with Gasteiger partial charge in [-0.25, -0.2) is 13.8 Å². The summed E-state index contributed by atoms with van der Waals surface area (Å²) in [5, 5.41) is 8.93. The molecule has 0 N–H and O–H groups in total. The highest BCUT2D eigenvalue weighted by Gasteiger charge is 2.21. The van der Waals surface area contributed by atoms with Crippen LogP contribution in [0.25, 0.3) is 0 Å². The molecule has 0 saturated carbocycles. The zero-order valence-electron chi connectivity index (χ0n) is 10.1. The van der Waals surface area contributed by atoms with Gasteiger partial charge in [-0.2, -0.15) is 5.26 Å². The van der Waals surface area contributed by atoms with Gasteiger partial charge >= 0.3 is 5.97 Å². The largest absolute Gasteiger partial charge is 0.466 e. The summed E-state index contributed by atoms with van der Waals surface area (Å²) < 4.78 is 30.6. The van der Waals surface area contributed by atoms with Crippen LogP contribution >= 0.6 is 11.6 Å². The van der Waals surface area contributed by atoms with Crippen molar-refractivity contribution in [2.75, 3.05) is 6.61 Å². The third kappa shape index (κ3) is 3.86. The molecule has 0 aromatic carbocycles. The van der Waals surface area contributed by atoms with Crippen molar-refractivity contribution in [2.24, 2.45) is 0 Å². The maximum absolute atomic E-state index is 13.0. The lowest BCUT2D eigenvalue weighted by Gasteiger charge is -2.11. The molecule has 0 spiro atoms. The summed E-state index contributed by atoms with van der Waals surface area (Å²) in [6.07, 6.45) is -3.23. The van der Waals surface area contributed by atoms with Crippen molar-refractivity contribution < 1.29 is 18.3 Å². The summed E-state index contributed by atoms with van der Waals surface area (Å²) in [5.74, 6) is -0.769. The predicted octanol–water partition coefficient (Wildman–Crippen LogP) is 2.74. The monoisotopic (exact) mass is 288 g/mol. The average Bonchev–Trinajstić information content (AvgIpc) is 2.38. The first-order valence-electron chi connectivity index (χ1n) is 5.46. The first kappa shape index (κ1) is 15.3. The smallest absolute Gasteiger partial charge is 0.310 e. The summed E-state index contributed by atoms with van der Waals surface area (Å²) in [6.45, 7) is 1.74. The van der Waals surface area contributed by atoms with Crippen LogP contribution in [0, 0.1) is 11.3 Å². The molecule has 0 bridgehead atoms. The lowest BCUT2D eigenvalue weighted by molar-refractivity contribution is -0.142. The molecule has 0 saturated heterocycles. The van der Waals surface area contributed by atoms with Gasteiger partial charge in [0.25, 0.3) is 6.43 Å². The Hall–Kier alpha value is -1.74. The standard InChI is InChI=1S/C12H11ClF2N2O2/c1-2-19-11(18)4-8-9(12(14)15)3-7(5-13)17-10(8)6-16/h3,12H,2,4-5H2,1H3. The van der Waals surface area contributed by atoms with Gasteiger partial charge in [0.1, 0.15) is 11.8 Å². The van der Waals surface area contributed by atoms with Gasteiger partial charge in [0, 0.05) is 11.1 Å². The minimum Gasteiger partial charge on any atom is -0.466 e. The van der Waals surface area contributed by atoms with E-state index in [0.29, 0.717) is 0 Å². The fourth-order valence-electron chi connectivity index (χ4n) is 1.54. The zero-order valence-corrected chi connectivity index (χ0v) is 10.9. The first-order valence-corrected chi connectivity index (χ1v) is 5.99. The molecule has 0 aliphatic rings. The van der Waals surface area contributed by atoms with E-state index in [1.165, 1.54) is 0 Å². The average molecular weight is 289 g/mol. The van der Waals surface area contributed by atoms with Crippen molar-refractivity contribution >= 4 is 17.6 Å². The zero-order chi connectivity index (χ0) is 14.4. The molecular weight excluding hydrogens is 278 g/mol. The van der Waals surface area contributed by atoms with Crippen LogP contribution in [0.4, 0.5) is 8.78 Å². The number of esters is 1. The molecule has 1 rings (SSSR count). The number of halogens is 3. The van der Waals surface area contributed by atoms with Crippen molar-refractivity contribution in [1.29, 1.82) is 5.26 Å². The van der Waals surface area contributed by atoms with Gasteiger partial charge in [-0.1, -0.05) is 0 Å². The van der Waals surface area contributed by atoms with Crippen LogP contribution in [0.15, 0.2) is 6.07 Å². The number of carbonyl (C=O) groups is 1. The van der Waals surface area contributed by atoms with Crippen molar-refractivity contribution in [2.45, 2.75) is 25.7 Å². The number of hydrogen-bond donors (Lipinski definition) is 0. The Morgan fingerprint density at radius 3 is 2.79 bits per heavy atom. The second-order valence-electron chi connectivity index (χ2n) is 3.56. The summed E-state index contributed by atoms with van der Waals surface area (Å²) in [6, 6.07) is 2.81. The number of ether oxygens (including phenoxy) is 1. The van der Waals surface area contributed by atoms with Crippen molar-refractivity contribution in [3.63, 3.8) is 0 Å². The topological polar surface area (TPSA) is 63.0 Å². The molecule has 0 amide bonds. The molecule has 102 valence electrons. The van der Waals surface area contributed by atoms with Crippen LogP contribution in [0.3, 0.4) is 0 Å². The fraction of sp³-hybridized carbons (Fsp3) is 0.417. The number of hydrogen-bond acceptors (Lipinski definition) is 4. The van der Waals surface area contributed by atoms with Gasteiger partial charge in [0.2, 0.25) is 0 Å². The maximum atomic E-state index is 13.0. The molecule has 1 heterocycles. The van der Waals surface area contributed by atoms with Gasteiger partial charge in [0.05, 0.1) is 24.6 Å². The highest BCUT2D eigenvalue weighted by molar-refractivity contribution is 6.16. The number of aromatic nitrogens is 1. The van der Waals surface area contributed by atoms with Crippen LogP contribution in [0.2, 0.25) is 0 Å². The molecule has 0 atom stereocenters. The van der Waals surface area contributed by atoms with Crippen molar-refractivity contribution in [3.05, 3.63) is 28.6 Å². The van der Waals surface area contributed by atoms with E-state index in [2.05, 4.69) is 9.72 Å². The predicted molar refractivity (Wildman–Crippen MR) is 63.8 cm³/mol. The molecule has 7 heteroatoms. The molecule has 0 unspecified atom stereocenters.